The summed E-state index contributed by atoms with van der Waals surface area (Å²) in [6.07, 6.45) is 1.14. The number of aliphatic hydroxyl groups is 1. The van der Waals surface area contributed by atoms with E-state index in [2.05, 4.69) is 10.1 Å². The molecule has 130 valence electrons. The third-order valence-electron chi connectivity index (χ3n) is 3.69. The lowest BCUT2D eigenvalue weighted by molar-refractivity contribution is -0.0458. The fourth-order valence-corrected chi connectivity index (χ4v) is 2.59. The number of carbonyl (C=O) groups excluding carboxylic acids is 1. The number of β-amino-alcohol motifs (C(OH)–C–C–N with tert-alkyl or cyclic N) is 1. The summed E-state index contributed by atoms with van der Waals surface area (Å²) in [7, 11) is 0. The van der Waals surface area contributed by atoms with E-state index in [0.29, 0.717) is 31.1 Å². The standard InChI is InChI=1S/C16H27N3O4/c1-11(2)13-17-12(23-18-13)9-16(21)7-6-8-19(10-16)14(20)22-15(3,4)5/h11,21H,6-10H2,1-5H3/t16-/m0/s1. The zero-order valence-corrected chi connectivity index (χ0v) is 14.6. The molecule has 1 N–H and O–H groups in total. The average Bonchev–Trinajstić information content (AvgIpc) is 2.84. The van der Waals surface area contributed by atoms with Gasteiger partial charge in [0.25, 0.3) is 0 Å². The van der Waals surface area contributed by atoms with Gasteiger partial charge in [0.1, 0.15) is 5.60 Å². The zero-order valence-electron chi connectivity index (χ0n) is 14.6. The van der Waals surface area contributed by atoms with Crippen molar-refractivity contribution in [3.05, 3.63) is 11.7 Å². The van der Waals surface area contributed by atoms with E-state index in [1.54, 1.807) is 4.90 Å². The van der Waals surface area contributed by atoms with Crippen LogP contribution in [0.5, 0.6) is 0 Å². The number of carbonyl (C=O) groups is 1. The Morgan fingerprint density at radius 1 is 1.48 bits per heavy atom. The second kappa shape index (κ2) is 6.47. The molecule has 23 heavy (non-hydrogen) atoms. The van der Waals surface area contributed by atoms with Crippen LogP contribution in [-0.4, -0.2) is 50.5 Å². The first-order chi connectivity index (χ1) is 10.6. The molecular formula is C16H27N3O4. The maximum Gasteiger partial charge on any atom is 0.410 e. The van der Waals surface area contributed by atoms with Gasteiger partial charge in [-0.2, -0.15) is 4.98 Å². The largest absolute Gasteiger partial charge is 0.444 e. The van der Waals surface area contributed by atoms with E-state index in [4.69, 9.17) is 9.26 Å². The Morgan fingerprint density at radius 3 is 2.74 bits per heavy atom. The molecular weight excluding hydrogens is 298 g/mol. The van der Waals surface area contributed by atoms with Crippen LogP contribution >= 0.6 is 0 Å². The van der Waals surface area contributed by atoms with Crippen molar-refractivity contribution >= 4 is 6.09 Å². The quantitative estimate of drug-likeness (QED) is 0.918. The third-order valence-corrected chi connectivity index (χ3v) is 3.69. The molecule has 0 bridgehead atoms. The minimum Gasteiger partial charge on any atom is -0.444 e. The van der Waals surface area contributed by atoms with Gasteiger partial charge < -0.3 is 19.3 Å². The van der Waals surface area contributed by atoms with Crippen molar-refractivity contribution in [2.45, 2.75) is 71.0 Å². The average molecular weight is 325 g/mol. The maximum atomic E-state index is 12.2. The van der Waals surface area contributed by atoms with Gasteiger partial charge in [0.05, 0.1) is 18.6 Å². The highest BCUT2D eigenvalue weighted by Gasteiger charge is 2.38. The summed E-state index contributed by atoms with van der Waals surface area (Å²) in [5.41, 5.74) is -1.61. The number of hydrogen-bond donors (Lipinski definition) is 1. The molecule has 1 aliphatic rings. The number of nitrogens with zero attached hydrogens (tertiary/aromatic N) is 3. The van der Waals surface area contributed by atoms with E-state index in [1.807, 2.05) is 34.6 Å². The molecule has 1 amide bonds. The van der Waals surface area contributed by atoms with Crippen LogP contribution in [0, 0.1) is 0 Å². The molecule has 1 fully saturated rings. The summed E-state index contributed by atoms with van der Waals surface area (Å²) in [6, 6.07) is 0. The van der Waals surface area contributed by atoms with E-state index < -0.39 is 17.3 Å². The van der Waals surface area contributed by atoms with Crippen molar-refractivity contribution in [2.75, 3.05) is 13.1 Å². The summed E-state index contributed by atoms with van der Waals surface area (Å²) in [4.78, 5) is 18.0. The molecule has 0 aliphatic carbocycles. The molecule has 2 rings (SSSR count). The molecule has 7 nitrogen and oxygen atoms in total. The van der Waals surface area contributed by atoms with Crippen molar-refractivity contribution in [1.29, 1.82) is 0 Å². The number of ether oxygens (including phenoxy) is 1. The van der Waals surface area contributed by atoms with Crippen LogP contribution in [0.15, 0.2) is 4.52 Å². The topological polar surface area (TPSA) is 88.7 Å². The molecule has 1 aromatic rings. The van der Waals surface area contributed by atoms with E-state index in [1.165, 1.54) is 0 Å². The highest BCUT2D eigenvalue weighted by atomic mass is 16.6. The monoisotopic (exact) mass is 325 g/mol. The van der Waals surface area contributed by atoms with Crippen LogP contribution in [0.1, 0.15) is 65.1 Å². The van der Waals surface area contributed by atoms with Gasteiger partial charge in [0.15, 0.2) is 5.82 Å². The van der Waals surface area contributed by atoms with Crippen molar-refractivity contribution in [1.82, 2.24) is 15.0 Å². The molecule has 1 aliphatic heterocycles. The van der Waals surface area contributed by atoms with Gasteiger partial charge in [-0.3, -0.25) is 0 Å². The van der Waals surface area contributed by atoms with E-state index >= 15 is 0 Å². The van der Waals surface area contributed by atoms with E-state index in [0.717, 1.165) is 0 Å². The van der Waals surface area contributed by atoms with E-state index in [-0.39, 0.29) is 18.9 Å². The molecule has 0 aromatic carbocycles. The van der Waals surface area contributed by atoms with Crippen molar-refractivity contribution < 1.29 is 19.2 Å². The van der Waals surface area contributed by atoms with Crippen LogP contribution in [0.4, 0.5) is 4.79 Å². The van der Waals surface area contributed by atoms with Crippen LogP contribution < -0.4 is 0 Å². The molecule has 1 saturated heterocycles. The Hall–Kier alpha value is -1.63. The predicted molar refractivity (Wildman–Crippen MR) is 84.1 cm³/mol. The smallest absolute Gasteiger partial charge is 0.410 e. The van der Waals surface area contributed by atoms with Gasteiger partial charge in [0, 0.05) is 12.5 Å². The highest BCUT2D eigenvalue weighted by Crippen LogP contribution is 2.26. The van der Waals surface area contributed by atoms with Gasteiger partial charge >= 0.3 is 6.09 Å². The Kier molecular flexibility index (Phi) is 4.98. The third kappa shape index (κ3) is 4.92. The minimum atomic E-state index is -1.06. The first-order valence-electron chi connectivity index (χ1n) is 8.11. The Morgan fingerprint density at radius 2 is 2.17 bits per heavy atom. The van der Waals surface area contributed by atoms with Gasteiger partial charge in [-0.25, -0.2) is 4.79 Å². The highest BCUT2D eigenvalue weighted by molar-refractivity contribution is 5.68. The van der Waals surface area contributed by atoms with Crippen molar-refractivity contribution in [3.63, 3.8) is 0 Å². The first-order valence-corrected chi connectivity index (χ1v) is 8.11. The van der Waals surface area contributed by atoms with Crippen LogP contribution in [0.3, 0.4) is 0 Å². The zero-order chi connectivity index (χ0) is 17.3. The molecule has 2 heterocycles. The molecule has 0 spiro atoms. The lowest BCUT2D eigenvalue weighted by atomic mass is 9.90. The first kappa shape index (κ1) is 17.7. The summed E-state index contributed by atoms with van der Waals surface area (Å²) >= 11 is 0. The summed E-state index contributed by atoms with van der Waals surface area (Å²) in [5.74, 6) is 1.21. The Bertz CT molecular complexity index is 550. The van der Waals surface area contributed by atoms with Crippen LogP contribution in [0.2, 0.25) is 0 Å². The second-order valence-corrected chi connectivity index (χ2v) is 7.61. The number of amides is 1. The fourth-order valence-electron chi connectivity index (χ4n) is 2.59. The van der Waals surface area contributed by atoms with Gasteiger partial charge in [-0.1, -0.05) is 19.0 Å². The maximum absolute atomic E-state index is 12.2. The second-order valence-electron chi connectivity index (χ2n) is 7.61. The molecule has 1 aromatic heterocycles. The molecule has 0 radical (unpaired) electrons. The number of aromatic nitrogens is 2. The Labute approximate surface area is 137 Å². The Balaban J connectivity index is 2.01. The van der Waals surface area contributed by atoms with Gasteiger partial charge in [-0.05, 0) is 33.6 Å². The molecule has 1 atom stereocenters. The number of likely N-dealkylation sites (tertiary alicyclic amines) is 1. The number of hydrogen-bond acceptors (Lipinski definition) is 6. The normalized spacial score (nSPS) is 22.5. The number of piperidine rings is 1. The summed E-state index contributed by atoms with van der Waals surface area (Å²) in [6.45, 7) is 10.2. The van der Waals surface area contributed by atoms with Crippen molar-refractivity contribution in [2.24, 2.45) is 0 Å². The molecule has 0 saturated carbocycles. The van der Waals surface area contributed by atoms with E-state index in [9.17, 15) is 9.90 Å². The fraction of sp³-hybridized carbons (Fsp3) is 0.812. The lowest BCUT2D eigenvalue weighted by Crippen LogP contribution is -2.52. The summed E-state index contributed by atoms with van der Waals surface area (Å²) < 4.78 is 10.6. The molecule has 7 heteroatoms. The predicted octanol–water partition coefficient (Wildman–Crippen LogP) is 2.50. The van der Waals surface area contributed by atoms with Crippen LogP contribution in [-0.2, 0) is 11.2 Å². The lowest BCUT2D eigenvalue weighted by Gasteiger charge is -2.38. The SMILES string of the molecule is CC(C)c1noc(C[C@@]2(O)CCCN(C(=O)OC(C)(C)C)C2)n1. The van der Waals surface area contributed by atoms with Gasteiger partial charge in [0.2, 0.25) is 5.89 Å². The van der Waals surface area contributed by atoms with Crippen molar-refractivity contribution in [3.8, 4) is 0 Å². The number of rotatable bonds is 3. The molecule has 0 unspecified atom stereocenters. The summed E-state index contributed by atoms with van der Waals surface area (Å²) in [5, 5.41) is 14.7. The van der Waals surface area contributed by atoms with Gasteiger partial charge in [-0.15, -0.1) is 0 Å². The minimum absolute atomic E-state index is 0.173. The van der Waals surface area contributed by atoms with Crippen LogP contribution in [0.25, 0.3) is 0 Å².